The van der Waals surface area contributed by atoms with Gasteiger partial charge in [0.2, 0.25) is 0 Å². The van der Waals surface area contributed by atoms with Crippen molar-refractivity contribution in [2.75, 3.05) is 5.32 Å². The maximum atomic E-state index is 12.3. The molecule has 0 atom stereocenters. The van der Waals surface area contributed by atoms with Crippen LogP contribution in [0.4, 0.5) is 14.5 Å². The van der Waals surface area contributed by atoms with Gasteiger partial charge < -0.3 is 15.2 Å². The molecule has 0 saturated carbocycles. The molecular formula is C15H13F2NO3. The Morgan fingerprint density at radius 3 is 2.62 bits per heavy atom. The van der Waals surface area contributed by atoms with Crippen molar-refractivity contribution < 1.29 is 23.4 Å². The van der Waals surface area contributed by atoms with E-state index >= 15 is 0 Å². The first-order chi connectivity index (χ1) is 9.99. The zero-order valence-corrected chi connectivity index (χ0v) is 11.1. The normalized spacial score (nSPS) is 10.5. The summed E-state index contributed by atoms with van der Waals surface area (Å²) in [6, 6.07) is 10.4. The van der Waals surface area contributed by atoms with Gasteiger partial charge in [-0.15, -0.1) is 0 Å². The van der Waals surface area contributed by atoms with Crippen LogP contribution in [0.5, 0.6) is 11.5 Å². The van der Waals surface area contributed by atoms with Crippen LogP contribution in [-0.2, 0) is 0 Å². The van der Waals surface area contributed by atoms with Gasteiger partial charge in [-0.1, -0.05) is 18.2 Å². The van der Waals surface area contributed by atoms with Crippen LogP contribution in [-0.4, -0.2) is 17.6 Å². The third-order valence-electron chi connectivity index (χ3n) is 2.90. The minimum Gasteiger partial charge on any atom is -0.508 e. The van der Waals surface area contributed by atoms with Crippen molar-refractivity contribution >= 4 is 11.6 Å². The Morgan fingerprint density at radius 1 is 1.19 bits per heavy atom. The molecule has 0 unspecified atom stereocenters. The summed E-state index contributed by atoms with van der Waals surface area (Å²) in [6.07, 6.45) is 0. The van der Waals surface area contributed by atoms with Crippen LogP contribution in [0.15, 0.2) is 42.5 Å². The predicted octanol–water partition coefficient (Wildman–Crippen LogP) is 3.55. The van der Waals surface area contributed by atoms with Crippen LogP contribution in [0.1, 0.15) is 15.9 Å². The number of phenolic OH excluding ortho intramolecular Hbond substituents is 1. The molecule has 0 heterocycles. The zero-order chi connectivity index (χ0) is 15.4. The van der Waals surface area contributed by atoms with Crippen LogP contribution in [0.2, 0.25) is 0 Å². The molecule has 2 aromatic rings. The molecule has 0 bridgehead atoms. The molecular weight excluding hydrogens is 280 g/mol. The van der Waals surface area contributed by atoms with Crippen LogP contribution in [0.25, 0.3) is 0 Å². The highest BCUT2D eigenvalue weighted by molar-refractivity contribution is 6.06. The Balaban J connectivity index is 2.27. The van der Waals surface area contributed by atoms with Crippen molar-refractivity contribution in [1.29, 1.82) is 0 Å². The van der Waals surface area contributed by atoms with Gasteiger partial charge in [0, 0.05) is 11.3 Å². The van der Waals surface area contributed by atoms with E-state index < -0.39 is 12.5 Å². The Kier molecular flexibility index (Phi) is 4.37. The number of carbonyl (C=O) groups is 1. The van der Waals surface area contributed by atoms with E-state index in [-0.39, 0.29) is 17.1 Å². The molecule has 0 aliphatic carbocycles. The fourth-order valence-corrected chi connectivity index (χ4v) is 1.80. The number of phenols is 1. The minimum absolute atomic E-state index is 0.0134. The quantitative estimate of drug-likeness (QED) is 0.906. The van der Waals surface area contributed by atoms with Crippen molar-refractivity contribution in [3.8, 4) is 11.5 Å². The highest BCUT2D eigenvalue weighted by atomic mass is 19.3. The maximum Gasteiger partial charge on any atom is 0.387 e. The highest BCUT2D eigenvalue weighted by Crippen LogP contribution is 2.26. The summed E-state index contributed by atoms with van der Waals surface area (Å²) in [6.45, 7) is -1.38. The average Bonchev–Trinajstić information content (AvgIpc) is 2.44. The summed E-state index contributed by atoms with van der Waals surface area (Å²) in [5, 5.41) is 12.1. The largest absolute Gasteiger partial charge is 0.508 e. The van der Waals surface area contributed by atoms with Crippen molar-refractivity contribution in [2.24, 2.45) is 0 Å². The van der Waals surface area contributed by atoms with E-state index in [0.717, 1.165) is 0 Å². The lowest BCUT2D eigenvalue weighted by atomic mass is 10.1. The molecule has 0 aromatic heterocycles. The number of benzene rings is 2. The van der Waals surface area contributed by atoms with E-state index in [1.165, 1.54) is 24.3 Å². The number of alkyl halides is 2. The van der Waals surface area contributed by atoms with Gasteiger partial charge in [0.15, 0.2) is 0 Å². The summed E-state index contributed by atoms with van der Waals surface area (Å²) < 4.78 is 29.0. The molecule has 0 fully saturated rings. The van der Waals surface area contributed by atoms with Gasteiger partial charge in [0.05, 0.1) is 5.56 Å². The lowest BCUT2D eigenvalue weighted by molar-refractivity contribution is -0.0501. The summed E-state index contributed by atoms with van der Waals surface area (Å²) >= 11 is 0. The summed E-state index contributed by atoms with van der Waals surface area (Å²) in [7, 11) is 0. The molecule has 2 rings (SSSR count). The molecule has 4 nitrogen and oxygen atoms in total. The first-order valence-electron chi connectivity index (χ1n) is 6.13. The summed E-state index contributed by atoms with van der Waals surface area (Å²) in [5.41, 5.74) is 0.866. The average molecular weight is 293 g/mol. The molecule has 0 aliphatic rings. The molecule has 0 spiro atoms. The predicted molar refractivity (Wildman–Crippen MR) is 73.9 cm³/mol. The van der Waals surface area contributed by atoms with E-state index in [1.54, 1.807) is 25.1 Å². The van der Waals surface area contributed by atoms with Gasteiger partial charge in [-0.25, -0.2) is 0 Å². The number of hydrogen-bond donors (Lipinski definition) is 2. The zero-order valence-electron chi connectivity index (χ0n) is 11.1. The van der Waals surface area contributed by atoms with Gasteiger partial charge in [-0.05, 0) is 31.2 Å². The Bertz CT molecular complexity index is 659. The Labute approximate surface area is 120 Å². The molecule has 0 aliphatic heterocycles. The molecule has 0 saturated heterocycles. The van der Waals surface area contributed by atoms with Crippen molar-refractivity contribution in [3.05, 3.63) is 53.6 Å². The summed E-state index contributed by atoms with van der Waals surface area (Å²) in [5.74, 6) is -0.771. The smallest absolute Gasteiger partial charge is 0.387 e. The van der Waals surface area contributed by atoms with Crippen LogP contribution >= 0.6 is 0 Å². The number of aromatic hydroxyl groups is 1. The first-order valence-corrected chi connectivity index (χ1v) is 6.13. The molecule has 2 N–H and O–H groups in total. The number of amides is 1. The number of halogens is 2. The molecule has 2 aromatic carbocycles. The molecule has 0 radical (unpaired) electrons. The number of para-hydroxylation sites is 1. The van der Waals surface area contributed by atoms with Gasteiger partial charge in [-0.2, -0.15) is 8.78 Å². The van der Waals surface area contributed by atoms with Gasteiger partial charge >= 0.3 is 6.61 Å². The van der Waals surface area contributed by atoms with Gasteiger partial charge in [-0.3, -0.25) is 4.79 Å². The van der Waals surface area contributed by atoms with Crippen LogP contribution in [0, 0.1) is 6.92 Å². The van der Waals surface area contributed by atoms with Crippen molar-refractivity contribution in [3.63, 3.8) is 0 Å². The topological polar surface area (TPSA) is 58.6 Å². The third-order valence-corrected chi connectivity index (χ3v) is 2.90. The number of carbonyl (C=O) groups excluding carboxylic acids is 1. The van der Waals surface area contributed by atoms with Crippen molar-refractivity contribution in [2.45, 2.75) is 13.5 Å². The Hall–Kier alpha value is -2.63. The fourth-order valence-electron chi connectivity index (χ4n) is 1.80. The van der Waals surface area contributed by atoms with Gasteiger partial charge in [0.1, 0.15) is 11.5 Å². The lowest BCUT2D eigenvalue weighted by Crippen LogP contribution is -2.15. The second kappa shape index (κ2) is 6.21. The summed E-state index contributed by atoms with van der Waals surface area (Å²) in [4.78, 5) is 12.2. The number of hydrogen-bond acceptors (Lipinski definition) is 3. The van der Waals surface area contributed by atoms with Gasteiger partial charge in [0.25, 0.3) is 5.91 Å². The fraction of sp³-hybridized carbons (Fsp3) is 0.133. The molecule has 6 heteroatoms. The van der Waals surface area contributed by atoms with E-state index in [2.05, 4.69) is 10.1 Å². The monoisotopic (exact) mass is 293 g/mol. The SMILES string of the molecule is Cc1c(O)cccc1NC(=O)c1ccccc1OC(F)F. The second-order valence-corrected chi connectivity index (χ2v) is 4.28. The van der Waals surface area contributed by atoms with E-state index in [4.69, 9.17) is 0 Å². The van der Waals surface area contributed by atoms with E-state index in [0.29, 0.717) is 11.3 Å². The molecule has 21 heavy (non-hydrogen) atoms. The lowest BCUT2D eigenvalue weighted by Gasteiger charge is -2.12. The molecule has 1 amide bonds. The number of nitrogens with one attached hydrogen (secondary N) is 1. The number of anilines is 1. The third kappa shape index (κ3) is 3.47. The second-order valence-electron chi connectivity index (χ2n) is 4.28. The van der Waals surface area contributed by atoms with E-state index in [9.17, 15) is 18.7 Å². The minimum atomic E-state index is -3.01. The first kappa shape index (κ1) is 14.8. The maximum absolute atomic E-state index is 12.3. The number of ether oxygens (including phenoxy) is 1. The van der Waals surface area contributed by atoms with Crippen molar-refractivity contribution in [1.82, 2.24) is 0 Å². The Morgan fingerprint density at radius 2 is 1.90 bits per heavy atom. The standard InChI is InChI=1S/C15H13F2NO3/c1-9-11(6-4-7-12(9)19)18-14(20)10-5-2-3-8-13(10)21-15(16)17/h2-8,15,19H,1H3,(H,18,20). The number of rotatable bonds is 4. The van der Waals surface area contributed by atoms with Crippen LogP contribution < -0.4 is 10.1 Å². The van der Waals surface area contributed by atoms with E-state index in [1.807, 2.05) is 0 Å². The molecule has 110 valence electrons. The van der Waals surface area contributed by atoms with Crippen LogP contribution in [0.3, 0.4) is 0 Å². The highest BCUT2D eigenvalue weighted by Gasteiger charge is 2.16.